The number of aromatic nitrogens is 2. The maximum Gasteiger partial charge on any atom is 0.256 e. The first-order valence-corrected chi connectivity index (χ1v) is 6.29. The van der Waals surface area contributed by atoms with Gasteiger partial charge in [0.2, 0.25) is 0 Å². The molecule has 0 saturated carbocycles. The maximum absolute atomic E-state index is 12.0. The van der Waals surface area contributed by atoms with Crippen LogP contribution in [0.2, 0.25) is 0 Å². The van der Waals surface area contributed by atoms with Gasteiger partial charge in [0.1, 0.15) is 5.82 Å². The number of carbonyl (C=O) groups is 1. The highest BCUT2D eigenvalue weighted by molar-refractivity contribution is 6.03. The van der Waals surface area contributed by atoms with Gasteiger partial charge in [-0.05, 0) is 23.3 Å². The van der Waals surface area contributed by atoms with Gasteiger partial charge in [-0.1, -0.05) is 42.5 Å². The Hall–Kier alpha value is -2.88. The smallest absolute Gasteiger partial charge is 0.256 e. The third-order valence-electron chi connectivity index (χ3n) is 3.00. The van der Waals surface area contributed by atoms with Gasteiger partial charge in [0, 0.05) is 11.6 Å². The number of benzene rings is 2. The summed E-state index contributed by atoms with van der Waals surface area (Å²) in [6.07, 6.45) is 1.59. The molecule has 3 aromatic rings. The number of aromatic amines is 1. The summed E-state index contributed by atoms with van der Waals surface area (Å²) in [6, 6.07) is 19.3. The predicted octanol–water partition coefficient (Wildman–Crippen LogP) is 3.33. The number of rotatable bonds is 3. The van der Waals surface area contributed by atoms with E-state index in [1.165, 1.54) is 0 Å². The van der Waals surface area contributed by atoms with Crippen LogP contribution in [0.5, 0.6) is 0 Å². The lowest BCUT2D eigenvalue weighted by Crippen LogP contribution is -2.11. The average molecular weight is 263 g/mol. The zero-order valence-electron chi connectivity index (χ0n) is 10.7. The van der Waals surface area contributed by atoms with Gasteiger partial charge in [0.25, 0.3) is 5.91 Å². The van der Waals surface area contributed by atoms with Crippen molar-refractivity contribution in [2.75, 3.05) is 5.32 Å². The molecule has 4 heteroatoms. The van der Waals surface area contributed by atoms with E-state index in [0.717, 1.165) is 11.1 Å². The number of H-pyrrole nitrogens is 1. The van der Waals surface area contributed by atoms with E-state index in [2.05, 4.69) is 15.5 Å². The van der Waals surface area contributed by atoms with Crippen LogP contribution in [0.3, 0.4) is 0 Å². The number of hydrogen-bond acceptors (Lipinski definition) is 2. The topological polar surface area (TPSA) is 57.8 Å². The third-order valence-corrected chi connectivity index (χ3v) is 3.00. The van der Waals surface area contributed by atoms with E-state index in [9.17, 15) is 4.79 Å². The third kappa shape index (κ3) is 2.59. The molecule has 98 valence electrons. The van der Waals surface area contributed by atoms with E-state index < -0.39 is 0 Å². The minimum Gasteiger partial charge on any atom is -0.307 e. The van der Waals surface area contributed by atoms with Crippen LogP contribution in [0.1, 0.15) is 10.4 Å². The van der Waals surface area contributed by atoms with Crippen molar-refractivity contribution in [1.82, 2.24) is 10.2 Å². The van der Waals surface area contributed by atoms with Crippen LogP contribution in [-0.4, -0.2) is 16.1 Å². The molecule has 2 N–H and O–H groups in total. The first-order valence-electron chi connectivity index (χ1n) is 6.29. The Kier molecular flexibility index (Phi) is 3.29. The molecule has 0 atom stereocenters. The Bertz CT molecular complexity index is 688. The minimum atomic E-state index is -0.158. The molecule has 0 fully saturated rings. The fourth-order valence-electron chi connectivity index (χ4n) is 1.96. The van der Waals surface area contributed by atoms with Gasteiger partial charge >= 0.3 is 0 Å². The Morgan fingerprint density at radius 2 is 1.60 bits per heavy atom. The van der Waals surface area contributed by atoms with Crippen molar-refractivity contribution >= 4 is 11.7 Å². The summed E-state index contributed by atoms with van der Waals surface area (Å²) in [7, 11) is 0. The number of amides is 1. The van der Waals surface area contributed by atoms with Gasteiger partial charge in [-0.3, -0.25) is 9.89 Å². The highest BCUT2D eigenvalue weighted by Crippen LogP contribution is 2.19. The van der Waals surface area contributed by atoms with Gasteiger partial charge in [-0.25, -0.2) is 0 Å². The van der Waals surface area contributed by atoms with Crippen molar-refractivity contribution in [3.63, 3.8) is 0 Å². The molecule has 0 saturated heterocycles. The first kappa shape index (κ1) is 12.2. The molecule has 0 radical (unpaired) electrons. The Morgan fingerprint density at radius 1 is 0.900 bits per heavy atom. The van der Waals surface area contributed by atoms with Crippen LogP contribution in [0.25, 0.3) is 11.1 Å². The van der Waals surface area contributed by atoms with Crippen molar-refractivity contribution in [1.29, 1.82) is 0 Å². The SMILES string of the molecule is O=C(Nc1ccn[nH]1)c1ccc(-c2ccccc2)cc1. The van der Waals surface area contributed by atoms with Gasteiger partial charge in [-0.2, -0.15) is 5.10 Å². The van der Waals surface area contributed by atoms with Gasteiger partial charge < -0.3 is 5.32 Å². The summed E-state index contributed by atoms with van der Waals surface area (Å²) in [5.74, 6) is 0.427. The van der Waals surface area contributed by atoms with E-state index in [4.69, 9.17) is 0 Å². The molecule has 0 aliphatic carbocycles. The lowest BCUT2D eigenvalue weighted by molar-refractivity contribution is 0.102. The van der Waals surface area contributed by atoms with Gasteiger partial charge in [0.15, 0.2) is 0 Å². The number of nitrogens with one attached hydrogen (secondary N) is 2. The van der Waals surface area contributed by atoms with E-state index in [1.807, 2.05) is 54.6 Å². The fourth-order valence-corrected chi connectivity index (χ4v) is 1.96. The van der Waals surface area contributed by atoms with Crippen molar-refractivity contribution < 1.29 is 4.79 Å². The second-order valence-corrected chi connectivity index (χ2v) is 4.37. The molecule has 1 heterocycles. The van der Waals surface area contributed by atoms with Gasteiger partial charge in [0.05, 0.1) is 6.20 Å². The standard InChI is InChI=1S/C16H13N3O/c20-16(18-15-10-11-17-19-15)14-8-6-13(7-9-14)12-4-2-1-3-5-12/h1-11H,(H2,17,18,19,20). The fraction of sp³-hybridized carbons (Fsp3) is 0. The molecule has 2 aromatic carbocycles. The molecule has 1 amide bonds. The number of anilines is 1. The molecule has 0 unspecified atom stereocenters. The average Bonchev–Trinajstić information content (AvgIpc) is 3.01. The first-order chi connectivity index (χ1) is 9.83. The van der Waals surface area contributed by atoms with Crippen LogP contribution < -0.4 is 5.32 Å². The molecule has 3 rings (SSSR count). The van der Waals surface area contributed by atoms with E-state index in [0.29, 0.717) is 11.4 Å². The summed E-state index contributed by atoms with van der Waals surface area (Å²) in [5, 5.41) is 9.22. The van der Waals surface area contributed by atoms with E-state index in [-0.39, 0.29) is 5.91 Å². The molecular formula is C16H13N3O. The van der Waals surface area contributed by atoms with Crippen LogP contribution in [0.4, 0.5) is 5.82 Å². The number of nitrogens with zero attached hydrogens (tertiary/aromatic N) is 1. The lowest BCUT2D eigenvalue weighted by Gasteiger charge is -2.05. The Morgan fingerprint density at radius 3 is 2.25 bits per heavy atom. The predicted molar refractivity (Wildman–Crippen MR) is 78.4 cm³/mol. The second-order valence-electron chi connectivity index (χ2n) is 4.37. The molecule has 0 aliphatic heterocycles. The van der Waals surface area contributed by atoms with Crippen LogP contribution >= 0.6 is 0 Å². The minimum absolute atomic E-state index is 0.158. The quantitative estimate of drug-likeness (QED) is 0.761. The molecule has 1 aromatic heterocycles. The summed E-state index contributed by atoms with van der Waals surface area (Å²) < 4.78 is 0. The van der Waals surface area contributed by atoms with Crippen LogP contribution in [-0.2, 0) is 0 Å². The molecule has 0 bridgehead atoms. The normalized spacial score (nSPS) is 10.2. The summed E-state index contributed by atoms with van der Waals surface area (Å²) in [4.78, 5) is 12.0. The molecule has 4 nitrogen and oxygen atoms in total. The number of carbonyl (C=O) groups excluding carboxylic acids is 1. The van der Waals surface area contributed by atoms with E-state index >= 15 is 0 Å². The molecular weight excluding hydrogens is 250 g/mol. The summed E-state index contributed by atoms with van der Waals surface area (Å²) in [6.45, 7) is 0. The number of hydrogen-bond donors (Lipinski definition) is 2. The molecule has 20 heavy (non-hydrogen) atoms. The van der Waals surface area contributed by atoms with Crippen molar-refractivity contribution in [2.24, 2.45) is 0 Å². The Labute approximate surface area is 116 Å². The summed E-state index contributed by atoms with van der Waals surface area (Å²) in [5.41, 5.74) is 2.83. The molecule has 0 spiro atoms. The zero-order valence-corrected chi connectivity index (χ0v) is 10.7. The van der Waals surface area contributed by atoms with E-state index in [1.54, 1.807) is 12.3 Å². The van der Waals surface area contributed by atoms with Crippen LogP contribution in [0.15, 0.2) is 66.9 Å². The monoisotopic (exact) mass is 263 g/mol. The summed E-state index contributed by atoms with van der Waals surface area (Å²) >= 11 is 0. The highest BCUT2D eigenvalue weighted by atomic mass is 16.1. The molecule has 0 aliphatic rings. The van der Waals surface area contributed by atoms with Gasteiger partial charge in [-0.15, -0.1) is 0 Å². The zero-order chi connectivity index (χ0) is 13.8. The second kappa shape index (κ2) is 5.40. The van der Waals surface area contributed by atoms with Crippen molar-refractivity contribution in [3.05, 3.63) is 72.4 Å². The Balaban J connectivity index is 1.78. The lowest BCUT2D eigenvalue weighted by atomic mass is 10.0. The largest absolute Gasteiger partial charge is 0.307 e. The van der Waals surface area contributed by atoms with Crippen molar-refractivity contribution in [2.45, 2.75) is 0 Å². The van der Waals surface area contributed by atoms with Crippen molar-refractivity contribution in [3.8, 4) is 11.1 Å². The highest BCUT2D eigenvalue weighted by Gasteiger charge is 2.06. The van der Waals surface area contributed by atoms with Crippen LogP contribution in [0, 0.1) is 0 Å². The maximum atomic E-state index is 12.0.